The van der Waals surface area contributed by atoms with Crippen LogP contribution in [0.3, 0.4) is 0 Å². The lowest BCUT2D eigenvalue weighted by Gasteiger charge is -2.02. The quantitative estimate of drug-likeness (QED) is 0.853. The molecule has 2 rings (SSSR count). The molecule has 0 bridgehead atoms. The average molecular weight is 218 g/mol. The Morgan fingerprint density at radius 2 is 2.25 bits per heavy atom. The van der Waals surface area contributed by atoms with Gasteiger partial charge in [0.15, 0.2) is 0 Å². The van der Waals surface area contributed by atoms with E-state index in [0.717, 1.165) is 24.4 Å². The zero-order valence-corrected chi connectivity index (χ0v) is 9.14. The van der Waals surface area contributed by atoms with Crippen LogP contribution in [0, 0.1) is 0 Å². The van der Waals surface area contributed by atoms with Crippen molar-refractivity contribution in [1.29, 1.82) is 0 Å². The number of nitrogens with two attached hydrogens (primary N) is 1. The van der Waals surface area contributed by atoms with Crippen LogP contribution < -0.4 is 10.5 Å². The molecule has 0 aliphatic carbocycles. The first kappa shape index (κ1) is 10.5. The van der Waals surface area contributed by atoms with Crippen molar-refractivity contribution >= 4 is 6.01 Å². The van der Waals surface area contributed by atoms with E-state index in [0.29, 0.717) is 0 Å². The number of benzene rings is 1. The van der Waals surface area contributed by atoms with Crippen LogP contribution >= 0.6 is 0 Å². The van der Waals surface area contributed by atoms with Gasteiger partial charge >= 0.3 is 0 Å². The summed E-state index contributed by atoms with van der Waals surface area (Å²) >= 11 is 0. The molecule has 0 unspecified atom stereocenters. The van der Waals surface area contributed by atoms with Crippen LogP contribution in [0.1, 0.15) is 11.3 Å². The fraction of sp³-hybridized carbons (Fsp3) is 0.250. The number of ether oxygens (including phenoxy) is 1. The first-order valence-corrected chi connectivity index (χ1v) is 5.11. The molecule has 0 amide bonds. The van der Waals surface area contributed by atoms with E-state index in [4.69, 9.17) is 14.9 Å². The summed E-state index contributed by atoms with van der Waals surface area (Å²) in [6, 6.07) is 8.20. The zero-order valence-electron chi connectivity index (χ0n) is 9.14. The van der Waals surface area contributed by atoms with Gasteiger partial charge in [-0.3, -0.25) is 0 Å². The van der Waals surface area contributed by atoms with Gasteiger partial charge in [-0.15, -0.1) is 0 Å². The third kappa shape index (κ3) is 2.53. The van der Waals surface area contributed by atoms with Crippen molar-refractivity contribution < 1.29 is 9.15 Å². The van der Waals surface area contributed by atoms with Crippen molar-refractivity contribution in [3.63, 3.8) is 0 Å². The molecule has 16 heavy (non-hydrogen) atoms. The monoisotopic (exact) mass is 218 g/mol. The Morgan fingerprint density at radius 3 is 2.94 bits per heavy atom. The van der Waals surface area contributed by atoms with Gasteiger partial charge in [-0.2, -0.15) is 0 Å². The second kappa shape index (κ2) is 4.70. The number of aryl methyl sites for hydroxylation is 2. The van der Waals surface area contributed by atoms with E-state index in [1.165, 1.54) is 5.56 Å². The van der Waals surface area contributed by atoms with Gasteiger partial charge in [0.1, 0.15) is 11.5 Å². The smallest absolute Gasteiger partial charge is 0.292 e. The van der Waals surface area contributed by atoms with Crippen LogP contribution in [0.4, 0.5) is 6.01 Å². The number of rotatable bonds is 4. The number of hydrogen-bond acceptors (Lipinski definition) is 4. The molecular formula is C12H14N2O2. The molecule has 0 radical (unpaired) electrons. The van der Waals surface area contributed by atoms with E-state index in [1.807, 2.05) is 18.2 Å². The molecule has 0 aliphatic rings. The molecule has 4 heteroatoms. The molecule has 0 saturated heterocycles. The molecule has 2 aromatic rings. The van der Waals surface area contributed by atoms with Gasteiger partial charge in [0.05, 0.1) is 13.3 Å². The summed E-state index contributed by atoms with van der Waals surface area (Å²) in [4.78, 5) is 3.85. The van der Waals surface area contributed by atoms with E-state index in [1.54, 1.807) is 13.3 Å². The summed E-state index contributed by atoms with van der Waals surface area (Å²) in [5, 5.41) is 0. The molecule has 2 N–H and O–H groups in total. The lowest BCUT2D eigenvalue weighted by molar-refractivity contribution is 0.414. The highest BCUT2D eigenvalue weighted by Gasteiger charge is 2.02. The fourth-order valence-corrected chi connectivity index (χ4v) is 1.53. The molecule has 0 spiro atoms. The summed E-state index contributed by atoms with van der Waals surface area (Å²) < 4.78 is 10.4. The number of anilines is 1. The minimum absolute atomic E-state index is 0.223. The second-order valence-electron chi connectivity index (χ2n) is 3.52. The van der Waals surface area contributed by atoms with Crippen LogP contribution in [-0.4, -0.2) is 12.1 Å². The highest BCUT2D eigenvalue weighted by molar-refractivity contribution is 5.28. The van der Waals surface area contributed by atoms with Crippen molar-refractivity contribution in [2.75, 3.05) is 12.8 Å². The van der Waals surface area contributed by atoms with E-state index in [9.17, 15) is 0 Å². The second-order valence-corrected chi connectivity index (χ2v) is 3.52. The van der Waals surface area contributed by atoms with E-state index < -0.39 is 0 Å². The van der Waals surface area contributed by atoms with Gasteiger partial charge in [0.2, 0.25) is 0 Å². The lowest BCUT2D eigenvalue weighted by Crippen LogP contribution is -1.91. The SMILES string of the molecule is COc1cccc(CCc2cnc(N)o2)c1. The predicted molar refractivity (Wildman–Crippen MR) is 61.3 cm³/mol. The Hall–Kier alpha value is -1.97. The third-order valence-corrected chi connectivity index (χ3v) is 2.37. The predicted octanol–water partition coefficient (Wildman–Crippen LogP) is 2.05. The third-order valence-electron chi connectivity index (χ3n) is 2.37. The highest BCUT2D eigenvalue weighted by atomic mass is 16.5. The van der Waals surface area contributed by atoms with Gasteiger partial charge in [-0.1, -0.05) is 12.1 Å². The van der Waals surface area contributed by atoms with Gasteiger partial charge in [-0.25, -0.2) is 4.98 Å². The summed E-state index contributed by atoms with van der Waals surface area (Å²) in [6.45, 7) is 0. The Balaban J connectivity index is 1.99. The number of oxazole rings is 1. The largest absolute Gasteiger partial charge is 0.497 e. The Morgan fingerprint density at radius 1 is 1.38 bits per heavy atom. The van der Waals surface area contributed by atoms with Crippen LogP contribution in [-0.2, 0) is 12.8 Å². The topological polar surface area (TPSA) is 61.3 Å². The minimum atomic E-state index is 0.223. The Bertz CT molecular complexity index is 466. The molecule has 1 aromatic carbocycles. The molecule has 84 valence electrons. The van der Waals surface area contributed by atoms with Gasteiger partial charge < -0.3 is 14.9 Å². The van der Waals surface area contributed by atoms with Gasteiger partial charge in [0, 0.05) is 6.42 Å². The molecule has 0 aliphatic heterocycles. The van der Waals surface area contributed by atoms with Crippen molar-refractivity contribution in [1.82, 2.24) is 4.98 Å². The molecule has 1 heterocycles. The molecule has 0 saturated carbocycles. The molecular weight excluding hydrogens is 204 g/mol. The number of methoxy groups -OCH3 is 1. The summed E-state index contributed by atoms with van der Waals surface area (Å²) in [6.07, 6.45) is 3.33. The number of aromatic nitrogens is 1. The average Bonchev–Trinajstić information content (AvgIpc) is 2.73. The van der Waals surface area contributed by atoms with Crippen LogP contribution in [0.5, 0.6) is 5.75 Å². The van der Waals surface area contributed by atoms with E-state index >= 15 is 0 Å². The molecule has 1 aromatic heterocycles. The maximum absolute atomic E-state index is 5.40. The number of nitrogen functional groups attached to an aromatic ring is 1. The number of nitrogens with zero attached hydrogens (tertiary/aromatic N) is 1. The normalized spacial score (nSPS) is 10.3. The Labute approximate surface area is 94.1 Å². The standard InChI is InChI=1S/C12H14N2O2/c1-15-10-4-2-3-9(7-10)5-6-11-8-14-12(13)16-11/h2-4,7-8H,5-6H2,1H3,(H2,13,14). The zero-order chi connectivity index (χ0) is 11.4. The maximum Gasteiger partial charge on any atom is 0.292 e. The molecule has 4 nitrogen and oxygen atoms in total. The summed E-state index contributed by atoms with van der Waals surface area (Å²) in [5.41, 5.74) is 6.60. The molecule has 0 fully saturated rings. The first-order chi connectivity index (χ1) is 7.78. The maximum atomic E-state index is 5.40. The van der Waals surface area contributed by atoms with Gasteiger partial charge in [0.25, 0.3) is 6.01 Å². The van der Waals surface area contributed by atoms with Crippen molar-refractivity contribution in [3.8, 4) is 5.75 Å². The summed E-state index contributed by atoms with van der Waals surface area (Å²) in [5.74, 6) is 1.68. The first-order valence-electron chi connectivity index (χ1n) is 5.11. The highest BCUT2D eigenvalue weighted by Crippen LogP contribution is 2.15. The van der Waals surface area contributed by atoms with Crippen molar-refractivity contribution in [2.24, 2.45) is 0 Å². The number of hydrogen-bond donors (Lipinski definition) is 1. The van der Waals surface area contributed by atoms with E-state index in [-0.39, 0.29) is 6.01 Å². The minimum Gasteiger partial charge on any atom is -0.497 e. The Kier molecular flexibility index (Phi) is 3.10. The van der Waals surface area contributed by atoms with Crippen molar-refractivity contribution in [2.45, 2.75) is 12.8 Å². The van der Waals surface area contributed by atoms with E-state index in [2.05, 4.69) is 11.1 Å². The van der Waals surface area contributed by atoms with Crippen LogP contribution in [0.25, 0.3) is 0 Å². The molecule has 0 atom stereocenters. The van der Waals surface area contributed by atoms with Crippen molar-refractivity contribution in [3.05, 3.63) is 41.8 Å². The van der Waals surface area contributed by atoms with Crippen LogP contribution in [0.2, 0.25) is 0 Å². The fourth-order valence-electron chi connectivity index (χ4n) is 1.53. The van der Waals surface area contributed by atoms with Gasteiger partial charge in [-0.05, 0) is 24.1 Å². The van der Waals surface area contributed by atoms with Crippen LogP contribution in [0.15, 0.2) is 34.9 Å². The summed E-state index contributed by atoms with van der Waals surface area (Å²) in [7, 11) is 1.66. The lowest BCUT2D eigenvalue weighted by atomic mass is 10.1.